The molecule has 114 valence electrons. The predicted molar refractivity (Wildman–Crippen MR) is 75.9 cm³/mol. The maximum atomic E-state index is 12.1. The largest absolute Gasteiger partial charge is 0.480 e. The molecule has 1 rings (SSSR count). The average molecular weight is 295 g/mol. The molecule has 0 radical (unpaired) electrons. The maximum absolute atomic E-state index is 12.1. The molecule has 8 nitrogen and oxygen atoms in total. The summed E-state index contributed by atoms with van der Waals surface area (Å²) in [5, 5.41) is 22.3. The summed E-state index contributed by atoms with van der Waals surface area (Å²) in [4.78, 5) is 33.4. The number of anilines is 1. The molecule has 21 heavy (non-hydrogen) atoms. The fourth-order valence-corrected chi connectivity index (χ4v) is 1.81. The van der Waals surface area contributed by atoms with Gasteiger partial charge in [-0.15, -0.1) is 0 Å². The van der Waals surface area contributed by atoms with Crippen LogP contribution in [0, 0.1) is 16.0 Å². The molecular formula is C13H17N3O5. The molecule has 0 saturated heterocycles. The van der Waals surface area contributed by atoms with E-state index in [1.165, 1.54) is 18.2 Å². The van der Waals surface area contributed by atoms with Gasteiger partial charge >= 0.3 is 5.97 Å². The van der Waals surface area contributed by atoms with E-state index in [0.29, 0.717) is 6.42 Å². The number of hydrogen-bond donors (Lipinski definition) is 3. The zero-order chi connectivity index (χ0) is 16.2. The van der Waals surface area contributed by atoms with Crippen LogP contribution in [-0.4, -0.2) is 27.9 Å². The van der Waals surface area contributed by atoms with E-state index >= 15 is 0 Å². The van der Waals surface area contributed by atoms with Crippen molar-refractivity contribution in [3.63, 3.8) is 0 Å². The van der Waals surface area contributed by atoms with E-state index in [2.05, 4.69) is 5.32 Å². The van der Waals surface area contributed by atoms with Gasteiger partial charge in [-0.1, -0.05) is 26.3 Å². The first-order valence-electron chi connectivity index (χ1n) is 6.36. The fraction of sp³-hybridized carbons (Fsp3) is 0.385. The maximum Gasteiger partial charge on any atom is 0.326 e. The molecule has 2 atom stereocenters. The monoisotopic (exact) mass is 295 g/mol. The Balaban J connectivity index is 3.06. The van der Waals surface area contributed by atoms with Crippen LogP contribution in [0.25, 0.3) is 0 Å². The Morgan fingerprint density at radius 3 is 2.57 bits per heavy atom. The third kappa shape index (κ3) is 3.68. The minimum atomic E-state index is -1.17. The lowest BCUT2D eigenvalue weighted by Gasteiger charge is -2.20. The van der Waals surface area contributed by atoms with Gasteiger partial charge in [0.15, 0.2) is 0 Å². The lowest BCUT2D eigenvalue weighted by molar-refractivity contribution is -0.383. The number of carbonyl (C=O) groups is 2. The van der Waals surface area contributed by atoms with E-state index in [1.54, 1.807) is 13.8 Å². The summed E-state index contributed by atoms with van der Waals surface area (Å²) in [6, 6.07) is 2.73. The molecule has 0 fully saturated rings. The smallest absolute Gasteiger partial charge is 0.326 e. The van der Waals surface area contributed by atoms with Crippen LogP contribution in [0.4, 0.5) is 11.4 Å². The van der Waals surface area contributed by atoms with Crippen molar-refractivity contribution in [2.75, 3.05) is 5.73 Å². The minimum Gasteiger partial charge on any atom is -0.480 e. The second kappa shape index (κ2) is 6.69. The zero-order valence-electron chi connectivity index (χ0n) is 11.7. The number of rotatable bonds is 6. The number of nitrogen functional groups attached to an aromatic ring is 1. The summed E-state index contributed by atoms with van der Waals surface area (Å²) in [6.45, 7) is 3.49. The second-order valence-electron chi connectivity index (χ2n) is 4.67. The van der Waals surface area contributed by atoms with Gasteiger partial charge in [0.05, 0.1) is 10.5 Å². The van der Waals surface area contributed by atoms with E-state index in [9.17, 15) is 19.7 Å². The lowest BCUT2D eigenvalue weighted by atomic mass is 9.98. The van der Waals surface area contributed by atoms with Crippen LogP contribution < -0.4 is 11.1 Å². The number of nitrogens with two attached hydrogens (primary N) is 1. The fourth-order valence-electron chi connectivity index (χ4n) is 1.81. The number of carbonyl (C=O) groups excluding carboxylic acids is 1. The molecule has 0 heterocycles. The molecule has 0 aromatic heterocycles. The number of hydrogen-bond acceptors (Lipinski definition) is 5. The van der Waals surface area contributed by atoms with Crippen molar-refractivity contribution in [2.45, 2.75) is 26.3 Å². The summed E-state index contributed by atoms with van der Waals surface area (Å²) in [7, 11) is 0. The number of nitro groups is 1. The summed E-state index contributed by atoms with van der Waals surface area (Å²) >= 11 is 0. The predicted octanol–water partition coefficient (Wildman–Crippen LogP) is 1.41. The molecule has 0 aliphatic carbocycles. The Kier molecular flexibility index (Phi) is 5.23. The standard InChI is InChI=1S/C13H17N3O5/c1-3-7(2)11(13(18)19)15-12(17)8-5-4-6-9(10(8)14)16(20)21/h4-7,11H,3,14H2,1-2H3,(H,15,17)(H,18,19)/t7-,11+/m1/s1. The molecular weight excluding hydrogens is 278 g/mol. The van der Waals surface area contributed by atoms with Crippen LogP contribution in [0.1, 0.15) is 30.6 Å². The van der Waals surface area contributed by atoms with Gasteiger partial charge in [0.25, 0.3) is 11.6 Å². The van der Waals surface area contributed by atoms with Gasteiger partial charge in [0, 0.05) is 6.07 Å². The van der Waals surface area contributed by atoms with Crippen LogP contribution in [0.2, 0.25) is 0 Å². The highest BCUT2D eigenvalue weighted by Gasteiger charge is 2.27. The van der Waals surface area contributed by atoms with Crippen molar-refractivity contribution in [3.8, 4) is 0 Å². The van der Waals surface area contributed by atoms with Crippen LogP contribution in [0.15, 0.2) is 18.2 Å². The third-order valence-corrected chi connectivity index (χ3v) is 3.29. The second-order valence-corrected chi connectivity index (χ2v) is 4.67. The highest BCUT2D eigenvalue weighted by Crippen LogP contribution is 2.25. The number of nitrogens with one attached hydrogen (secondary N) is 1. The Morgan fingerprint density at radius 1 is 1.48 bits per heavy atom. The van der Waals surface area contributed by atoms with E-state index in [0.717, 1.165) is 0 Å². The SMILES string of the molecule is CC[C@@H](C)[C@H](NC(=O)c1cccc([N+](=O)[O-])c1N)C(=O)O. The molecule has 8 heteroatoms. The summed E-state index contributed by atoms with van der Waals surface area (Å²) in [6.07, 6.45) is 0.557. The number of carboxylic acid groups (broad SMARTS) is 1. The molecule has 0 saturated carbocycles. The minimum absolute atomic E-state index is 0.112. The van der Waals surface area contributed by atoms with Gasteiger partial charge in [0.2, 0.25) is 0 Å². The van der Waals surface area contributed by atoms with Crippen molar-refractivity contribution in [2.24, 2.45) is 5.92 Å². The lowest BCUT2D eigenvalue weighted by Crippen LogP contribution is -2.45. The normalized spacial score (nSPS) is 13.2. The number of aliphatic carboxylic acids is 1. The topological polar surface area (TPSA) is 136 Å². The number of nitro benzene ring substituents is 1. The van der Waals surface area contributed by atoms with E-state index in [4.69, 9.17) is 10.8 Å². The van der Waals surface area contributed by atoms with Gasteiger partial charge in [-0.05, 0) is 12.0 Å². The van der Waals surface area contributed by atoms with Gasteiger partial charge < -0.3 is 16.2 Å². The summed E-state index contributed by atoms with van der Waals surface area (Å²) in [5.74, 6) is -2.20. The molecule has 1 amide bonds. The number of carboxylic acids is 1. The number of benzene rings is 1. The van der Waals surface area contributed by atoms with Crippen LogP contribution in [0.5, 0.6) is 0 Å². The van der Waals surface area contributed by atoms with Crippen molar-refractivity contribution in [1.29, 1.82) is 0 Å². The van der Waals surface area contributed by atoms with Gasteiger partial charge in [-0.3, -0.25) is 14.9 Å². The molecule has 0 unspecified atom stereocenters. The molecule has 1 aromatic carbocycles. The number of para-hydroxylation sites is 1. The van der Waals surface area contributed by atoms with Crippen molar-refractivity contribution in [3.05, 3.63) is 33.9 Å². The molecule has 0 spiro atoms. The average Bonchev–Trinajstić information content (AvgIpc) is 2.43. The van der Waals surface area contributed by atoms with Crippen LogP contribution >= 0.6 is 0 Å². The Morgan fingerprint density at radius 2 is 2.10 bits per heavy atom. The summed E-state index contributed by atoms with van der Waals surface area (Å²) in [5.41, 5.74) is 4.81. The first-order chi connectivity index (χ1) is 9.79. The van der Waals surface area contributed by atoms with Crippen molar-refractivity contribution >= 4 is 23.3 Å². The quantitative estimate of drug-likeness (QED) is 0.412. The van der Waals surface area contributed by atoms with Gasteiger partial charge in [-0.25, -0.2) is 4.79 Å². The Bertz CT molecular complexity index is 573. The number of amides is 1. The first-order valence-corrected chi connectivity index (χ1v) is 6.36. The highest BCUT2D eigenvalue weighted by molar-refractivity contribution is 6.02. The van der Waals surface area contributed by atoms with Gasteiger partial charge in [0.1, 0.15) is 11.7 Å². The van der Waals surface area contributed by atoms with Gasteiger partial charge in [-0.2, -0.15) is 0 Å². The molecule has 4 N–H and O–H groups in total. The third-order valence-electron chi connectivity index (χ3n) is 3.29. The van der Waals surface area contributed by atoms with Crippen molar-refractivity contribution < 1.29 is 19.6 Å². The molecule has 1 aromatic rings. The number of nitrogens with zero attached hydrogens (tertiary/aromatic N) is 1. The van der Waals surface area contributed by atoms with E-state index < -0.39 is 28.5 Å². The van der Waals surface area contributed by atoms with Crippen LogP contribution in [-0.2, 0) is 4.79 Å². The molecule has 0 aliphatic rings. The van der Waals surface area contributed by atoms with Crippen LogP contribution in [0.3, 0.4) is 0 Å². The zero-order valence-corrected chi connectivity index (χ0v) is 11.7. The van der Waals surface area contributed by atoms with E-state index in [1.807, 2.05) is 0 Å². The highest BCUT2D eigenvalue weighted by atomic mass is 16.6. The summed E-state index contributed by atoms with van der Waals surface area (Å²) < 4.78 is 0. The first kappa shape index (κ1) is 16.4. The Labute approximate surface area is 121 Å². The Hall–Kier alpha value is -2.64. The van der Waals surface area contributed by atoms with Crippen molar-refractivity contribution in [1.82, 2.24) is 5.32 Å². The van der Waals surface area contributed by atoms with E-state index in [-0.39, 0.29) is 17.2 Å². The molecule has 0 aliphatic heterocycles. The molecule has 0 bridgehead atoms.